The van der Waals surface area contributed by atoms with E-state index in [2.05, 4.69) is 5.32 Å². The fourth-order valence-corrected chi connectivity index (χ4v) is 2.77. The zero-order chi connectivity index (χ0) is 16.5. The molecule has 0 aliphatic heterocycles. The number of nitrogens with one attached hydrogen (secondary N) is 1. The lowest BCUT2D eigenvalue weighted by Crippen LogP contribution is -2.16. The molecule has 0 atom stereocenters. The van der Waals surface area contributed by atoms with Gasteiger partial charge in [0.15, 0.2) is 0 Å². The van der Waals surface area contributed by atoms with Crippen LogP contribution in [0.15, 0.2) is 41.3 Å². The maximum atomic E-state index is 12.4. The fourth-order valence-electron chi connectivity index (χ4n) is 2.12. The van der Waals surface area contributed by atoms with Crippen molar-refractivity contribution in [1.29, 1.82) is 0 Å². The number of carbonyl (C=O) groups excluding carboxylic acids is 1. The zero-order valence-corrected chi connectivity index (χ0v) is 13.5. The van der Waals surface area contributed by atoms with Crippen LogP contribution in [0, 0.1) is 20.8 Å². The van der Waals surface area contributed by atoms with E-state index in [1.807, 2.05) is 26.0 Å². The Morgan fingerprint density at radius 1 is 1.09 bits per heavy atom. The summed E-state index contributed by atoms with van der Waals surface area (Å²) in [5.74, 6) is -0.373. The van der Waals surface area contributed by atoms with E-state index >= 15 is 0 Å². The van der Waals surface area contributed by atoms with Crippen molar-refractivity contribution in [2.75, 3.05) is 5.32 Å². The molecule has 2 aromatic rings. The van der Waals surface area contributed by atoms with Crippen molar-refractivity contribution >= 4 is 21.6 Å². The third kappa shape index (κ3) is 3.52. The smallest absolute Gasteiger partial charge is 0.255 e. The highest BCUT2D eigenvalue weighted by molar-refractivity contribution is 7.89. The first-order chi connectivity index (χ1) is 10.2. The monoisotopic (exact) mass is 318 g/mol. The second-order valence-electron chi connectivity index (χ2n) is 5.28. The van der Waals surface area contributed by atoms with Crippen molar-refractivity contribution in [3.63, 3.8) is 0 Å². The number of sulfonamides is 1. The molecular formula is C16H18N2O3S. The van der Waals surface area contributed by atoms with E-state index in [-0.39, 0.29) is 16.4 Å². The number of amides is 1. The Balaban J connectivity index is 2.38. The van der Waals surface area contributed by atoms with Gasteiger partial charge in [-0.05, 0) is 61.7 Å². The minimum Gasteiger partial charge on any atom is -0.322 e. The molecule has 0 bridgehead atoms. The summed E-state index contributed by atoms with van der Waals surface area (Å²) in [6.07, 6.45) is 0. The molecule has 0 unspecified atom stereocenters. The van der Waals surface area contributed by atoms with E-state index in [0.717, 1.165) is 11.1 Å². The van der Waals surface area contributed by atoms with Crippen LogP contribution in [0.25, 0.3) is 0 Å². The van der Waals surface area contributed by atoms with Gasteiger partial charge in [0.2, 0.25) is 10.0 Å². The van der Waals surface area contributed by atoms with Gasteiger partial charge < -0.3 is 5.32 Å². The van der Waals surface area contributed by atoms with Crippen molar-refractivity contribution in [2.24, 2.45) is 5.14 Å². The number of hydrogen-bond donors (Lipinski definition) is 2. The summed E-state index contributed by atoms with van der Waals surface area (Å²) >= 11 is 0. The first-order valence-corrected chi connectivity index (χ1v) is 8.25. The minimum absolute atomic E-state index is 0.0707. The van der Waals surface area contributed by atoms with Gasteiger partial charge in [-0.15, -0.1) is 0 Å². The van der Waals surface area contributed by atoms with Crippen molar-refractivity contribution in [1.82, 2.24) is 0 Å². The van der Waals surface area contributed by atoms with Crippen LogP contribution in [0.5, 0.6) is 0 Å². The first kappa shape index (κ1) is 16.2. The molecule has 0 saturated heterocycles. The van der Waals surface area contributed by atoms with Gasteiger partial charge in [0.1, 0.15) is 0 Å². The summed E-state index contributed by atoms with van der Waals surface area (Å²) in [6, 6.07) is 9.94. The van der Waals surface area contributed by atoms with Gasteiger partial charge >= 0.3 is 0 Å². The third-order valence-electron chi connectivity index (χ3n) is 3.49. The Morgan fingerprint density at radius 3 is 2.41 bits per heavy atom. The summed E-state index contributed by atoms with van der Waals surface area (Å²) in [6.45, 7) is 5.58. The molecule has 0 heterocycles. The topological polar surface area (TPSA) is 89.3 Å². The fraction of sp³-hybridized carbons (Fsp3) is 0.188. The number of anilines is 1. The van der Waals surface area contributed by atoms with E-state index in [1.54, 1.807) is 19.1 Å². The second-order valence-corrected chi connectivity index (χ2v) is 6.84. The Bertz CT molecular complexity index is 842. The number of rotatable bonds is 3. The molecule has 3 N–H and O–H groups in total. The molecule has 0 fully saturated rings. The van der Waals surface area contributed by atoms with Crippen LogP contribution in [0.2, 0.25) is 0 Å². The Hall–Kier alpha value is -2.18. The lowest BCUT2D eigenvalue weighted by atomic mass is 10.1. The van der Waals surface area contributed by atoms with Gasteiger partial charge in [0.05, 0.1) is 4.90 Å². The van der Waals surface area contributed by atoms with Crippen molar-refractivity contribution < 1.29 is 13.2 Å². The van der Waals surface area contributed by atoms with Gasteiger partial charge in [0.25, 0.3) is 5.91 Å². The summed E-state index contributed by atoms with van der Waals surface area (Å²) in [7, 11) is -3.85. The standard InChI is InChI=1S/C16H18N2O3S/c1-10-7-13(9-14(8-10)22(17,20)21)16(19)18-15-6-4-5-11(2)12(15)3/h4-9H,1-3H3,(H,18,19)(H2,17,20,21). The molecule has 6 heteroatoms. The molecule has 0 aliphatic carbocycles. The first-order valence-electron chi connectivity index (χ1n) is 6.70. The molecule has 0 aromatic heterocycles. The van der Waals surface area contributed by atoms with E-state index in [0.29, 0.717) is 11.3 Å². The maximum Gasteiger partial charge on any atom is 0.255 e. The molecule has 22 heavy (non-hydrogen) atoms. The summed E-state index contributed by atoms with van der Waals surface area (Å²) < 4.78 is 22.9. The van der Waals surface area contributed by atoms with E-state index < -0.39 is 10.0 Å². The number of nitrogens with two attached hydrogens (primary N) is 1. The molecule has 5 nitrogen and oxygen atoms in total. The molecule has 1 amide bonds. The van der Waals surface area contributed by atoms with Crippen LogP contribution in [0.1, 0.15) is 27.0 Å². The minimum atomic E-state index is -3.85. The summed E-state index contributed by atoms with van der Waals surface area (Å²) in [4.78, 5) is 12.3. The van der Waals surface area contributed by atoms with Gasteiger partial charge in [-0.2, -0.15) is 0 Å². The van der Waals surface area contributed by atoms with Gasteiger partial charge in [-0.1, -0.05) is 12.1 Å². The van der Waals surface area contributed by atoms with Gasteiger partial charge in [-0.3, -0.25) is 4.79 Å². The Kier molecular flexibility index (Phi) is 4.35. The third-order valence-corrected chi connectivity index (χ3v) is 4.39. The normalized spacial score (nSPS) is 11.3. The van der Waals surface area contributed by atoms with Crippen LogP contribution >= 0.6 is 0 Å². The predicted octanol–water partition coefficient (Wildman–Crippen LogP) is 2.51. The van der Waals surface area contributed by atoms with E-state index in [4.69, 9.17) is 5.14 Å². The zero-order valence-electron chi connectivity index (χ0n) is 12.7. The lowest BCUT2D eigenvalue weighted by molar-refractivity contribution is 0.102. The van der Waals surface area contributed by atoms with Crippen LogP contribution in [0.3, 0.4) is 0 Å². The van der Waals surface area contributed by atoms with E-state index in [9.17, 15) is 13.2 Å². The summed E-state index contributed by atoms with van der Waals surface area (Å²) in [5.41, 5.74) is 3.63. The number of primary sulfonamides is 1. The van der Waals surface area contributed by atoms with Crippen LogP contribution in [0.4, 0.5) is 5.69 Å². The van der Waals surface area contributed by atoms with Gasteiger partial charge in [0, 0.05) is 11.3 Å². The Morgan fingerprint density at radius 2 is 1.77 bits per heavy atom. The van der Waals surface area contributed by atoms with Crippen LogP contribution < -0.4 is 10.5 Å². The number of carbonyl (C=O) groups is 1. The van der Waals surface area contributed by atoms with Crippen molar-refractivity contribution in [3.8, 4) is 0 Å². The highest BCUT2D eigenvalue weighted by atomic mass is 32.2. The largest absolute Gasteiger partial charge is 0.322 e. The molecule has 0 saturated carbocycles. The lowest BCUT2D eigenvalue weighted by Gasteiger charge is -2.11. The number of aryl methyl sites for hydroxylation is 2. The number of hydrogen-bond acceptors (Lipinski definition) is 3. The average Bonchev–Trinajstić information content (AvgIpc) is 2.42. The Labute approximate surface area is 130 Å². The average molecular weight is 318 g/mol. The van der Waals surface area contributed by atoms with Crippen molar-refractivity contribution in [3.05, 3.63) is 58.7 Å². The SMILES string of the molecule is Cc1cc(C(=O)Nc2cccc(C)c2C)cc(S(N)(=O)=O)c1. The molecule has 0 aliphatic rings. The molecule has 116 valence electrons. The molecular weight excluding hydrogens is 300 g/mol. The maximum absolute atomic E-state index is 12.4. The van der Waals surface area contributed by atoms with Crippen molar-refractivity contribution in [2.45, 2.75) is 25.7 Å². The number of benzene rings is 2. The van der Waals surface area contributed by atoms with Crippen LogP contribution in [-0.4, -0.2) is 14.3 Å². The second kappa shape index (κ2) is 5.90. The highest BCUT2D eigenvalue weighted by Gasteiger charge is 2.14. The highest BCUT2D eigenvalue weighted by Crippen LogP contribution is 2.20. The quantitative estimate of drug-likeness (QED) is 0.911. The van der Waals surface area contributed by atoms with Gasteiger partial charge in [-0.25, -0.2) is 13.6 Å². The van der Waals surface area contributed by atoms with Crippen LogP contribution in [-0.2, 0) is 10.0 Å². The molecule has 0 radical (unpaired) electrons. The molecule has 2 aromatic carbocycles. The molecule has 2 rings (SSSR count). The predicted molar refractivity (Wildman–Crippen MR) is 86.4 cm³/mol. The summed E-state index contributed by atoms with van der Waals surface area (Å²) in [5, 5.41) is 7.93. The molecule has 0 spiro atoms. The van der Waals surface area contributed by atoms with E-state index in [1.165, 1.54) is 12.1 Å².